The van der Waals surface area contributed by atoms with Gasteiger partial charge in [-0.3, -0.25) is 4.79 Å². The molecular formula is C22H23NO. The molecule has 0 fully saturated rings. The molecule has 0 aliphatic heterocycles. The lowest BCUT2D eigenvalue weighted by Gasteiger charge is -2.21. The Morgan fingerprint density at radius 3 is 2.33 bits per heavy atom. The molecule has 0 unspecified atom stereocenters. The van der Waals surface area contributed by atoms with E-state index in [0.717, 1.165) is 41.0 Å². The fraction of sp³-hybridized carbons (Fsp3) is 0.227. The summed E-state index contributed by atoms with van der Waals surface area (Å²) in [5.74, 6) is 0. The van der Waals surface area contributed by atoms with Crippen LogP contribution in [-0.2, 0) is 6.42 Å². The van der Waals surface area contributed by atoms with Gasteiger partial charge in [0.15, 0.2) is 5.43 Å². The molecule has 2 aromatic carbocycles. The van der Waals surface area contributed by atoms with Crippen molar-refractivity contribution in [1.82, 2.24) is 4.57 Å². The van der Waals surface area contributed by atoms with E-state index in [0.29, 0.717) is 0 Å². The second-order valence-electron chi connectivity index (χ2n) is 6.26. The van der Waals surface area contributed by atoms with Crippen LogP contribution in [0.1, 0.15) is 30.2 Å². The fourth-order valence-corrected chi connectivity index (χ4v) is 3.20. The maximum absolute atomic E-state index is 12.5. The molecule has 3 rings (SSSR count). The van der Waals surface area contributed by atoms with Gasteiger partial charge < -0.3 is 4.57 Å². The van der Waals surface area contributed by atoms with Gasteiger partial charge in [0, 0.05) is 23.0 Å². The standard InChI is InChI=1S/C22H23NO/c1-4-9-19-15-21(24)17(3)22(18-11-6-5-7-12-18)23(19)20-13-8-10-16(2)14-20/h5-8,10-15H,4,9H2,1-3H3. The Morgan fingerprint density at radius 2 is 1.67 bits per heavy atom. The van der Waals surface area contributed by atoms with Gasteiger partial charge in [0.2, 0.25) is 0 Å². The van der Waals surface area contributed by atoms with Crippen LogP contribution >= 0.6 is 0 Å². The molecule has 1 heterocycles. The van der Waals surface area contributed by atoms with E-state index < -0.39 is 0 Å². The minimum absolute atomic E-state index is 0.112. The Balaban J connectivity index is 2.40. The molecule has 0 N–H and O–H groups in total. The Bertz CT molecular complexity index is 907. The van der Waals surface area contributed by atoms with Gasteiger partial charge in [-0.2, -0.15) is 0 Å². The average molecular weight is 317 g/mol. The van der Waals surface area contributed by atoms with Crippen LogP contribution in [0.4, 0.5) is 0 Å². The first kappa shape index (κ1) is 16.3. The summed E-state index contributed by atoms with van der Waals surface area (Å²) in [7, 11) is 0. The van der Waals surface area contributed by atoms with Gasteiger partial charge in [0.05, 0.1) is 5.69 Å². The molecule has 0 atom stereocenters. The molecule has 2 heteroatoms. The van der Waals surface area contributed by atoms with Crippen LogP contribution in [0.25, 0.3) is 16.9 Å². The summed E-state index contributed by atoms with van der Waals surface area (Å²) in [4.78, 5) is 12.5. The molecule has 0 aliphatic rings. The van der Waals surface area contributed by atoms with Gasteiger partial charge in [0.1, 0.15) is 0 Å². The second-order valence-corrected chi connectivity index (χ2v) is 6.26. The molecular weight excluding hydrogens is 294 g/mol. The summed E-state index contributed by atoms with van der Waals surface area (Å²) in [5.41, 5.74) is 6.37. The van der Waals surface area contributed by atoms with Crippen LogP contribution in [0.15, 0.2) is 65.5 Å². The lowest BCUT2D eigenvalue weighted by atomic mass is 10.0. The molecule has 122 valence electrons. The van der Waals surface area contributed by atoms with Crippen molar-refractivity contribution in [3.8, 4) is 16.9 Å². The van der Waals surface area contributed by atoms with Crippen LogP contribution in [0, 0.1) is 13.8 Å². The van der Waals surface area contributed by atoms with Crippen molar-refractivity contribution >= 4 is 0 Å². The van der Waals surface area contributed by atoms with Gasteiger partial charge in [-0.1, -0.05) is 55.8 Å². The fourth-order valence-electron chi connectivity index (χ4n) is 3.20. The number of aromatic nitrogens is 1. The normalized spacial score (nSPS) is 10.8. The Hall–Kier alpha value is -2.61. The van der Waals surface area contributed by atoms with E-state index in [1.54, 1.807) is 6.07 Å². The number of hydrogen-bond donors (Lipinski definition) is 0. The van der Waals surface area contributed by atoms with Gasteiger partial charge >= 0.3 is 0 Å². The number of aryl methyl sites for hydroxylation is 2. The summed E-state index contributed by atoms with van der Waals surface area (Å²) in [5, 5.41) is 0. The first-order valence-corrected chi connectivity index (χ1v) is 8.50. The van der Waals surface area contributed by atoms with Crippen LogP contribution in [0.5, 0.6) is 0 Å². The third-order valence-corrected chi connectivity index (χ3v) is 4.35. The Morgan fingerprint density at radius 1 is 0.917 bits per heavy atom. The minimum atomic E-state index is 0.112. The molecule has 24 heavy (non-hydrogen) atoms. The predicted octanol–water partition coefficient (Wildman–Crippen LogP) is 5.07. The quantitative estimate of drug-likeness (QED) is 0.658. The third-order valence-electron chi connectivity index (χ3n) is 4.35. The SMILES string of the molecule is CCCc1cc(=O)c(C)c(-c2ccccc2)n1-c1cccc(C)c1. The molecule has 0 amide bonds. The number of benzene rings is 2. The van der Waals surface area contributed by atoms with Crippen molar-refractivity contribution in [2.75, 3.05) is 0 Å². The van der Waals surface area contributed by atoms with E-state index in [2.05, 4.69) is 54.8 Å². The number of rotatable bonds is 4. The van der Waals surface area contributed by atoms with Crippen molar-refractivity contribution in [3.05, 3.63) is 87.7 Å². The topological polar surface area (TPSA) is 22.0 Å². The lowest BCUT2D eigenvalue weighted by Crippen LogP contribution is -2.17. The van der Waals surface area contributed by atoms with Crippen molar-refractivity contribution in [3.63, 3.8) is 0 Å². The minimum Gasteiger partial charge on any atom is -0.313 e. The molecule has 1 aromatic heterocycles. The highest BCUT2D eigenvalue weighted by atomic mass is 16.1. The molecule has 0 aliphatic carbocycles. The summed E-state index contributed by atoms with van der Waals surface area (Å²) < 4.78 is 2.25. The second kappa shape index (κ2) is 6.88. The summed E-state index contributed by atoms with van der Waals surface area (Å²) in [6, 6.07) is 20.4. The largest absolute Gasteiger partial charge is 0.313 e. The third kappa shape index (κ3) is 3.05. The summed E-state index contributed by atoms with van der Waals surface area (Å²) in [6.45, 7) is 6.17. The van der Waals surface area contributed by atoms with Crippen LogP contribution in [0.3, 0.4) is 0 Å². The van der Waals surface area contributed by atoms with Gasteiger partial charge in [-0.05, 0) is 43.5 Å². The highest BCUT2D eigenvalue weighted by Gasteiger charge is 2.15. The summed E-state index contributed by atoms with van der Waals surface area (Å²) in [6.07, 6.45) is 1.88. The first-order valence-electron chi connectivity index (χ1n) is 8.50. The highest BCUT2D eigenvalue weighted by Crippen LogP contribution is 2.27. The molecule has 0 radical (unpaired) electrons. The van der Waals surface area contributed by atoms with E-state index in [1.165, 1.54) is 5.56 Å². The number of nitrogens with zero attached hydrogens (tertiary/aromatic N) is 1. The van der Waals surface area contributed by atoms with E-state index in [4.69, 9.17) is 0 Å². The summed E-state index contributed by atoms with van der Waals surface area (Å²) >= 11 is 0. The number of pyridine rings is 1. The number of hydrogen-bond acceptors (Lipinski definition) is 1. The zero-order chi connectivity index (χ0) is 17.1. The van der Waals surface area contributed by atoms with Crippen molar-refractivity contribution < 1.29 is 0 Å². The van der Waals surface area contributed by atoms with Gasteiger partial charge in [-0.15, -0.1) is 0 Å². The van der Waals surface area contributed by atoms with E-state index in [9.17, 15) is 4.79 Å². The average Bonchev–Trinajstić information content (AvgIpc) is 2.58. The van der Waals surface area contributed by atoms with Crippen molar-refractivity contribution in [2.45, 2.75) is 33.6 Å². The van der Waals surface area contributed by atoms with E-state index >= 15 is 0 Å². The van der Waals surface area contributed by atoms with Crippen LogP contribution in [0.2, 0.25) is 0 Å². The first-order chi connectivity index (χ1) is 11.6. The monoisotopic (exact) mass is 317 g/mol. The van der Waals surface area contributed by atoms with Gasteiger partial charge in [0.25, 0.3) is 0 Å². The van der Waals surface area contributed by atoms with Gasteiger partial charge in [-0.25, -0.2) is 0 Å². The molecule has 0 saturated carbocycles. The maximum Gasteiger partial charge on any atom is 0.185 e. The Labute approximate surface area is 143 Å². The van der Waals surface area contributed by atoms with Crippen molar-refractivity contribution in [2.24, 2.45) is 0 Å². The molecule has 0 saturated heterocycles. The van der Waals surface area contributed by atoms with Crippen LogP contribution in [-0.4, -0.2) is 4.57 Å². The maximum atomic E-state index is 12.5. The molecule has 0 bridgehead atoms. The lowest BCUT2D eigenvalue weighted by molar-refractivity contribution is 0.824. The predicted molar refractivity (Wildman–Crippen MR) is 101 cm³/mol. The Kier molecular flexibility index (Phi) is 4.66. The zero-order valence-corrected chi connectivity index (χ0v) is 14.5. The smallest absolute Gasteiger partial charge is 0.185 e. The van der Waals surface area contributed by atoms with Crippen molar-refractivity contribution in [1.29, 1.82) is 0 Å². The van der Waals surface area contributed by atoms with E-state index in [-0.39, 0.29) is 5.43 Å². The van der Waals surface area contributed by atoms with Crippen LogP contribution < -0.4 is 5.43 Å². The molecule has 2 nitrogen and oxygen atoms in total. The van der Waals surface area contributed by atoms with E-state index in [1.807, 2.05) is 25.1 Å². The molecule has 3 aromatic rings. The zero-order valence-electron chi connectivity index (χ0n) is 14.5. The molecule has 0 spiro atoms. The highest BCUT2D eigenvalue weighted by molar-refractivity contribution is 5.66.